The zero-order valence-electron chi connectivity index (χ0n) is 4.71. The van der Waals surface area contributed by atoms with Gasteiger partial charge in [-0.25, -0.2) is 0 Å². The molecule has 0 aliphatic carbocycles. The summed E-state index contributed by atoms with van der Waals surface area (Å²) in [6, 6.07) is 0. The Labute approximate surface area is 53.9 Å². The summed E-state index contributed by atoms with van der Waals surface area (Å²) >= 11 is 1.81. The third-order valence-corrected chi connectivity index (χ3v) is 1.94. The minimum Gasteiger partial charge on any atom is -0.329 e. The lowest BCUT2D eigenvalue weighted by atomic mass is 10.6. The molecule has 0 aromatic rings. The summed E-state index contributed by atoms with van der Waals surface area (Å²) in [5, 5.41) is 0. The summed E-state index contributed by atoms with van der Waals surface area (Å²) in [4.78, 5) is 0. The third-order valence-electron chi connectivity index (χ3n) is 0.958. The fraction of sp³-hybridized carbons (Fsp3) is 0.600. The van der Waals surface area contributed by atoms with Gasteiger partial charge in [-0.05, 0) is 11.9 Å². The van der Waals surface area contributed by atoms with Crippen LogP contribution in [0.4, 0.5) is 0 Å². The van der Waals surface area contributed by atoms with Gasteiger partial charge in [0.2, 0.25) is 0 Å². The molecule has 0 amide bonds. The highest BCUT2D eigenvalue weighted by molar-refractivity contribution is 7.97. The SMILES string of the molecule is NCCN1C=CCS1. The van der Waals surface area contributed by atoms with Crippen molar-refractivity contribution >= 4 is 11.9 Å². The second kappa shape index (κ2) is 2.99. The molecule has 0 atom stereocenters. The molecule has 8 heavy (non-hydrogen) atoms. The Morgan fingerprint density at radius 2 is 2.62 bits per heavy atom. The molecule has 46 valence electrons. The lowest BCUT2D eigenvalue weighted by Gasteiger charge is -2.10. The molecule has 0 aromatic carbocycles. The summed E-state index contributed by atoms with van der Waals surface area (Å²) < 4.78 is 2.15. The zero-order chi connectivity index (χ0) is 5.82. The molecule has 3 heteroatoms. The Kier molecular flexibility index (Phi) is 2.24. The van der Waals surface area contributed by atoms with E-state index in [1.165, 1.54) is 0 Å². The minimum atomic E-state index is 0.747. The predicted octanol–water partition coefficient (Wildman–Crippen LogP) is 0.423. The average Bonchev–Trinajstić information content (AvgIpc) is 2.19. The Morgan fingerprint density at radius 1 is 1.75 bits per heavy atom. The first-order valence-corrected chi connectivity index (χ1v) is 3.64. The van der Waals surface area contributed by atoms with Crippen LogP contribution in [0.25, 0.3) is 0 Å². The van der Waals surface area contributed by atoms with Gasteiger partial charge in [0.1, 0.15) is 0 Å². The van der Waals surface area contributed by atoms with Crippen molar-refractivity contribution in [1.29, 1.82) is 0 Å². The van der Waals surface area contributed by atoms with Gasteiger partial charge in [0.15, 0.2) is 0 Å². The van der Waals surface area contributed by atoms with Crippen molar-refractivity contribution in [2.24, 2.45) is 5.73 Å². The molecule has 2 N–H and O–H groups in total. The molecule has 1 aliphatic heterocycles. The summed E-state index contributed by atoms with van der Waals surface area (Å²) in [6.45, 7) is 1.72. The molecule has 0 aromatic heterocycles. The molecule has 0 bridgehead atoms. The molecule has 1 heterocycles. The first-order chi connectivity index (χ1) is 3.93. The van der Waals surface area contributed by atoms with Gasteiger partial charge in [0, 0.05) is 25.0 Å². The smallest absolute Gasteiger partial charge is 0.0411 e. The van der Waals surface area contributed by atoms with Crippen molar-refractivity contribution in [1.82, 2.24) is 4.31 Å². The van der Waals surface area contributed by atoms with Gasteiger partial charge in [-0.2, -0.15) is 0 Å². The number of nitrogens with zero attached hydrogens (tertiary/aromatic N) is 1. The Bertz CT molecular complexity index is 92.4. The number of hydrogen-bond acceptors (Lipinski definition) is 3. The van der Waals surface area contributed by atoms with Gasteiger partial charge in [0.05, 0.1) is 0 Å². The largest absolute Gasteiger partial charge is 0.329 e. The van der Waals surface area contributed by atoms with Gasteiger partial charge in [0.25, 0.3) is 0 Å². The molecule has 2 nitrogen and oxygen atoms in total. The van der Waals surface area contributed by atoms with Crippen molar-refractivity contribution in [2.45, 2.75) is 0 Å². The van der Waals surface area contributed by atoms with Crippen LogP contribution in [0.1, 0.15) is 0 Å². The molecule has 0 saturated carbocycles. The highest BCUT2D eigenvalue weighted by Crippen LogP contribution is 2.15. The molecule has 0 fully saturated rings. The topological polar surface area (TPSA) is 29.3 Å². The second-order valence-corrected chi connectivity index (χ2v) is 2.67. The van der Waals surface area contributed by atoms with E-state index < -0.39 is 0 Å². The highest BCUT2D eigenvalue weighted by atomic mass is 32.2. The number of nitrogens with two attached hydrogens (primary N) is 1. The standard InChI is InChI=1S/C5H10N2S/c6-2-4-7-3-1-5-8-7/h1,3H,2,4-6H2. The van der Waals surface area contributed by atoms with Crippen LogP contribution in [0.5, 0.6) is 0 Å². The van der Waals surface area contributed by atoms with Crippen molar-refractivity contribution in [3.63, 3.8) is 0 Å². The fourth-order valence-electron chi connectivity index (χ4n) is 0.609. The van der Waals surface area contributed by atoms with E-state index in [4.69, 9.17) is 5.73 Å². The van der Waals surface area contributed by atoms with Crippen molar-refractivity contribution < 1.29 is 0 Å². The van der Waals surface area contributed by atoms with Gasteiger partial charge < -0.3 is 10.0 Å². The van der Waals surface area contributed by atoms with Gasteiger partial charge in [-0.1, -0.05) is 6.08 Å². The van der Waals surface area contributed by atoms with E-state index in [1.54, 1.807) is 0 Å². The molecule has 1 rings (SSSR count). The van der Waals surface area contributed by atoms with Crippen LogP contribution in [0.3, 0.4) is 0 Å². The van der Waals surface area contributed by atoms with Gasteiger partial charge in [-0.3, -0.25) is 0 Å². The summed E-state index contributed by atoms with van der Waals surface area (Å²) in [7, 11) is 0. The minimum absolute atomic E-state index is 0.747. The Hall–Kier alpha value is -0.150. The van der Waals surface area contributed by atoms with E-state index in [9.17, 15) is 0 Å². The van der Waals surface area contributed by atoms with E-state index in [0.717, 1.165) is 18.8 Å². The summed E-state index contributed by atoms with van der Waals surface area (Å²) in [5.41, 5.74) is 5.32. The normalized spacial score (nSPS) is 17.9. The van der Waals surface area contributed by atoms with Crippen molar-refractivity contribution in [2.75, 3.05) is 18.8 Å². The summed E-state index contributed by atoms with van der Waals surface area (Å²) in [5.74, 6) is 1.11. The zero-order valence-corrected chi connectivity index (χ0v) is 5.53. The quantitative estimate of drug-likeness (QED) is 0.549. The Morgan fingerprint density at radius 3 is 3.12 bits per heavy atom. The lowest BCUT2D eigenvalue weighted by Crippen LogP contribution is -2.16. The van der Waals surface area contributed by atoms with Crippen molar-refractivity contribution in [3.05, 3.63) is 12.3 Å². The molecular formula is C5H10N2S. The average molecular weight is 130 g/mol. The fourth-order valence-corrected chi connectivity index (χ4v) is 1.38. The van der Waals surface area contributed by atoms with Crippen LogP contribution in [0, 0.1) is 0 Å². The highest BCUT2D eigenvalue weighted by Gasteiger charge is 2.01. The first-order valence-electron chi connectivity index (χ1n) is 2.70. The van der Waals surface area contributed by atoms with Crippen molar-refractivity contribution in [3.8, 4) is 0 Å². The maximum atomic E-state index is 5.32. The van der Waals surface area contributed by atoms with Crippen LogP contribution >= 0.6 is 11.9 Å². The van der Waals surface area contributed by atoms with E-state index in [-0.39, 0.29) is 0 Å². The molecule has 0 unspecified atom stereocenters. The maximum Gasteiger partial charge on any atom is 0.0411 e. The molecule has 1 aliphatic rings. The predicted molar refractivity (Wildman–Crippen MR) is 37.4 cm³/mol. The first kappa shape index (κ1) is 5.98. The molecule has 0 saturated heterocycles. The monoisotopic (exact) mass is 130 g/mol. The van der Waals surface area contributed by atoms with Crippen LogP contribution in [-0.4, -0.2) is 23.1 Å². The molecular weight excluding hydrogens is 120 g/mol. The maximum absolute atomic E-state index is 5.32. The van der Waals surface area contributed by atoms with Crippen LogP contribution in [0.2, 0.25) is 0 Å². The van der Waals surface area contributed by atoms with Gasteiger partial charge in [-0.15, -0.1) is 0 Å². The van der Waals surface area contributed by atoms with E-state index >= 15 is 0 Å². The number of rotatable bonds is 2. The van der Waals surface area contributed by atoms with E-state index in [2.05, 4.69) is 16.6 Å². The van der Waals surface area contributed by atoms with E-state index in [0.29, 0.717) is 0 Å². The number of hydrogen-bond donors (Lipinski definition) is 1. The Balaban J connectivity index is 2.16. The lowest BCUT2D eigenvalue weighted by molar-refractivity contribution is 0.636. The van der Waals surface area contributed by atoms with E-state index in [1.807, 2.05) is 11.9 Å². The van der Waals surface area contributed by atoms with Crippen LogP contribution < -0.4 is 5.73 Å². The molecule has 0 spiro atoms. The second-order valence-electron chi connectivity index (χ2n) is 1.61. The third kappa shape index (κ3) is 1.42. The van der Waals surface area contributed by atoms with Crippen LogP contribution in [0.15, 0.2) is 12.3 Å². The van der Waals surface area contributed by atoms with Crippen LogP contribution in [-0.2, 0) is 0 Å². The summed E-state index contributed by atoms with van der Waals surface area (Å²) in [6.07, 6.45) is 4.22. The molecule has 0 radical (unpaired) electrons. The van der Waals surface area contributed by atoms with Gasteiger partial charge >= 0.3 is 0 Å².